The number of hydrogen-bond acceptors (Lipinski definition) is 3. The van der Waals surface area contributed by atoms with Crippen LogP contribution in [-0.2, 0) is 13.1 Å². The summed E-state index contributed by atoms with van der Waals surface area (Å²) >= 11 is 5.02. The first kappa shape index (κ1) is 15.5. The molecule has 2 N–H and O–H groups in total. The predicted octanol–water partition coefficient (Wildman–Crippen LogP) is 2.80. The average molecular weight is 303 g/mol. The van der Waals surface area contributed by atoms with Crippen molar-refractivity contribution < 1.29 is 4.39 Å². The molecule has 0 aliphatic carbocycles. The number of pyridine rings is 1. The summed E-state index contributed by atoms with van der Waals surface area (Å²) in [4.78, 5) is 6.80. The molecule has 0 amide bonds. The molecular weight excluding hydrogens is 285 g/mol. The van der Waals surface area contributed by atoms with Gasteiger partial charge in [-0.25, -0.2) is 4.39 Å². The van der Waals surface area contributed by atoms with Crippen LogP contribution in [0.25, 0.3) is 0 Å². The number of benzene rings is 1. The van der Waals surface area contributed by atoms with Gasteiger partial charge in [0.1, 0.15) is 10.8 Å². The van der Waals surface area contributed by atoms with Gasteiger partial charge >= 0.3 is 0 Å². The SMILES string of the molecule is Cc1cccc(CN(C)Cc2cc(F)ccc2C(N)=S)n1. The molecule has 0 radical (unpaired) electrons. The van der Waals surface area contributed by atoms with Crippen molar-refractivity contribution in [3.63, 3.8) is 0 Å². The minimum atomic E-state index is -0.285. The monoisotopic (exact) mass is 303 g/mol. The molecule has 0 unspecified atom stereocenters. The highest BCUT2D eigenvalue weighted by Crippen LogP contribution is 2.15. The van der Waals surface area contributed by atoms with Crippen molar-refractivity contribution in [3.8, 4) is 0 Å². The highest BCUT2D eigenvalue weighted by molar-refractivity contribution is 7.80. The van der Waals surface area contributed by atoms with Crippen LogP contribution in [0.1, 0.15) is 22.5 Å². The van der Waals surface area contributed by atoms with Gasteiger partial charge in [-0.2, -0.15) is 0 Å². The maximum Gasteiger partial charge on any atom is 0.123 e. The van der Waals surface area contributed by atoms with Gasteiger partial charge < -0.3 is 5.73 Å². The third-order valence-corrected chi connectivity index (χ3v) is 3.37. The normalized spacial score (nSPS) is 10.9. The van der Waals surface area contributed by atoms with Crippen LogP contribution >= 0.6 is 12.2 Å². The van der Waals surface area contributed by atoms with Gasteiger partial charge in [0.15, 0.2) is 0 Å². The Bertz CT molecular complexity index is 658. The van der Waals surface area contributed by atoms with E-state index in [1.807, 2.05) is 32.2 Å². The van der Waals surface area contributed by atoms with E-state index in [4.69, 9.17) is 18.0 Å². The zero-order valence-electron chi connectivity index (χ0n) is 12.1. The molecule has 0 saturated carbocycles. The van der Waals surface area contributed by atoms with E-state index in [1.165, 1.54) is 12.1 Å². The van der Waals surface area contributed by atoms with E-state index < -0.39 is 0 Å². The Morgan fingerprint density at radius 2 is 2.05 bits per heavy atom. The number of nitrogens with zero attached hydrogens (tertiary/aromatic N) is 2. The van der Waals surface area contributed by atoms with Gasteiger partial charge in [-0.05, 0) is 49.9 Å². The Labute approximate surface area is 129 Å². The van der Waals surface area contributed by atoms with Crippen molar-refractivity contribution >= 4 is 17.2 Å². The second-order valence-corrected chi connectivity index (χ2v) is 5.55. The second kappa shape index (κ2) is 6.74. The molecule has 1 heterocycles. The summed E-state index contributed by atoms with van der Waals surface area (Å²) in [6.07, 6.45) is 0. The highest BCUT2D eigenvalue weighted by Gasteiger charge is 2.10. The molecular formula is C16H18FN3S. The summed E-state index contributed by atoms with van der Waals surface area (Å²) in [5, 5.41) is 0. The molecule has 5 heteroatoms. The maximum atomic E-state index is 13.4. The van der Waals surface area contributed by atoms with Gasteiger partial charge in [-0.15, -0.1) is 0 Å². The number of hydrogen-bond donors (Lipinski definition) is 1. The van der Waals surface area contributed by atoms with E-state index in [0.717, 1.165) is 22.5 Å². The van der Waals surface area contributed by atoms with Crippen molar-refractivity contribution in [2.24, 2.45) is 5.73 Å². The average Bonchev–Trinajstić information content (AvgIpc) is 2.38. The Balaban J connectivity index is 2.14. The second-order valence-electron chi connectivity index (χ2n) is 5.11. The summed E-state index contributed by atoms with van der Waals surface area (Å²) in [5.74, 6) is -0.285. The zero-order valence-corrected chi connectivity index (χ0v) is 13.0. The molecule has 21 heavy (non-hydrogen) atoms. The number of aryl methyl sites for hydroxylation is 1. The van der Waals surface area contributed by atoms with E-state index in [9.17, 15) is 4.39 Å². The van der Waals surface area contributed by atoms with E-state index in [0.29, 0.717) is 13.1 Å². The third-order valence-electron chi connectivity index (χ3n) is 3.15. The molecule has 1 aromatic heterocycles. The quantitative estimate of drug-likeness (QED) is 0.863. The summed E-state index contributed by atoms with van der Waals surface area (Å²) in [5.41, 5.74) is 9.16. The molecule has 1 aromatic carbocycles. The van der Waals surface area contributed by atoms with Crippen LogP contribution in [0.4, 0.5) is 4.39 Å². The lowest BCUT2D eigenvalue weighted by Crippen LogP contribution is -2.21. The molecule has 0 saturated heterocycles. The molecule has 2 rings (SSSR count). The summed E-state index contributed by atoms with van der Waals surface area (Å²) in [6, 6.07) is 10.4. The van der Waals surface area contributed by atoms with Gasteiger partial charge in [0.2, 0.25) is 0 Å². The van der Waals surface area contributed by atoms with E-state index in [1.54, 1.807) is 6.07 Å². The number of rotatable bonds is 5. The number of aromatic nitrogens is 1. The first-order valence-corrected chi connectivity index (χ1v) is 7.06. The summed E-state index contributed by atoms with van der Waals surface area (Å²) in [6.45, 7) is 3.19. The lowest BCUT2D eigenvalue weighted by molar-refractivity contribution is 0.314. The molecule has 0 bridgehead atoms. The molecule has 0 atom stereocenters. The standard InChI is InChI=1S/C16H18FN3S/c1-11-4-3-5-14(19-11)10-20(2)9-12-8-13(17)6-7-15(12)16(18)21/h3-8H,9-10H2,1-2H3,(H2,18,21). The van der Waals surface area contributed by atoms with E-state index in [-0.39, 0.29) is 10.8 Å². The smallest absolute Gasteiger partial charge is 0.123 e. The summed E-state index contributed by atoms with van der Waals surface area (Å²) in [7, 11) is 1.96. The fourth-order valence-electron chi connectivity index (χ4n) is 2.24. The summed E-state index contributed by atoms with van der Waals surface area (Å²) < 4.78 is 13.4. The Kier molecular flexibility index (Phi) is 4.98. The van der Waals surface area contributed by atoms with Gasteiger partial charge in [0.05, 0.1) is 5.69 Å². The topological polar surface area (TPSA) is 42.1 Å². The Morgan fingerprint density at radius 1 is 1.29 bits per heavy atom. The number of nitrogens with two attached hydrogens (primary N) is 1. The molecule has 3 nitrogen and oxygen atoms in total. The van der Waals surface area contributed by atoms with E-state index in [2.05, 4.69) is 9.88 Å². The van der Waals surface area contributed by atoms with Crippen LogP contribution in [0.5, 0.6) is 0 Å². The van der Waals surface area contributed by atoms with Crippen LogP contribution in [-0.4, -0.2) is 21.9 Å². The van der Waals surface area contributed by atoms with Gasteiger partial charge in [-0.1, -0.05) is 18.3 Å². The van der Waals surface area contributed by atoms with Crippen molar-refractivity contribution in [3.05, 3.63) is 64.7 Å². The van der Waals surface area contributed by atoms with Crippen LogP contribution in [0.2, 0.25) is 0 Å². The zero-order chi connectivity index (χ0) is 15.4. The highest BCUT2D eigenvalue weighted by atomic mass is 32.1. The molecule has 0 aliphatic heterocycles. The van der Waals surface area contributed by atoms with Gasteiger partial charge in [0.25, 0.3) is 0 Å². The lowest BCUT2D eigenvalue weighted by Gasteiger charge is -2.18. The van der Waals surface area contributed by atoms with Crippen LogP contribution < -0.4 is 5.73 Å². The largest absolute Gasteiger partial charge is 0.389 e. The molecule has 2 aromatic rings. The fourth-order valence-corrected chi connectivity index (χ4v) is 2.44. The molecule has 0 spiro atoms. The van der Waals surface area contributed by atoms with Crippen molar-refractivity contribution in [1.29, 1.82) is 0 Å². The van der Waals surface area contributed by atoms with E-state index >= 15 is 0 Å². The first-order valence-electron chi connectivity index (χ1n) is 6.65. The fraction of sp³-hybridized carbons (Fsp3) is 0.250. The molecule has 0 aliphatic rings. The van der Waals surface area contributed by atoms with Gasteiger partial charge in [0, 0.05) is 24.3 Å². The van der Waals surface area contributed by atoms with Crippen LogP contribution in [0.15, 0.2) is 36.4 Å². The first-order chi connectivity index (χ1) is 9.95. The predicted molar refractivity (Wildman–Crippen MR) is 86.4 cm³/mol. The van der Waals surface area contributed by atoms with Crippen molar-refractivity contribution in [2.45, 2.75) is 20.0 Å². The van der Waals surface area contributed by atoms with Gasteiger partial charge in [-0.3, -0.25) is 9.88 Å². The minimum Gasteiger partial charge on any atom is -0.389 e. The Hall–Kier alpha value is -1.85. The molecule has 0 fully saturated rings. The number of halogens is 1. The van der Waals surface area contributed by atoms with Crippen molar-refractivity contribution in [1.82, 2.24) is 9.88 Å². The van der Waals surface area contributed by atoms with Crippen LogP contribution in [0, 0.1) is 12.7 Å². The Morgan fingerprint density at radius 3 is 2.71 bits per heavy atom. The maximum absolute atomic E-state index is 13.4. The van der Waals surface area contributed by atoms with Crippen LogP contribution in [0.3, 0.4) is 0 Å². The van der Waals surface area contributed by atoms with Crippen molar-refractivity contribution in [2.75, 3.05) is 7.05 Å². The lowest BCUT2D eigenvalue weighted by atomic mass is 10.1. The minimum absolute atomic E-state index is 0.284. The third kappa shape index (κ3) is 4.31. The molecule has 110 valence electrons. The number of thiocarbonyl (C=S) groups is 1.